The lowest BCUT2D eigenvalue weighted by atomic mass is 10.0. The van der Waals surface area contributed by atoms with Crippen LogP contribution < -0.4 is 10.6 Å². The summed E-state index contributed by atoms with van der Waals surface area (Å²) in [6.07, 6.45) is 1.80. The van der Waals surface area contributed by atoms with Gasteiger partial charge in [-0.05, 0) is 56.0 Å². The van der Waals surface area contributed by atoms with Crippen LogP contribution in [0, 0.1) is 19.8 Å². The first kappa shape index (κ1) is 20.9. The molecule has 2 N–H and O–H groups in total. The fourth-order valence-corrected chi connectivity index (χ4v) is 3.63. The average Bonchev–Trinajstić information content (AvgIpc) is 2.71. The van der Waals surface area contributed by atoms with E-state index in [0.29, 0.717) is 18.7 Å². The fourth-order valence-electron chi connectivity index (χ4n) is 3.63. The quantitative estimate of drug-likeness (QED) is 0.790. The third kappa shape index (κ3) is 4.97. The van der Waals surface area contributed by atoms with Crippen molar-refractivity contribution in [3.8, 4) is 0 Å². The molecule has 5 heteroatoms. The molecule has 1 aliphatic rings. The minimum absolute atomic E-state index is 0.00176. The number of nitrogens with zero attached hydrogens (tertiary/aromatic N) is 1. The molecule has 1 unspecified atom stereocenters. The highest BCUT2D eigenvalue weighted by Crippen LogP contribution is 2.27. The Balaban J connectivity index is 1.77. The molecule has 0 radical (unpaired) electrons. The summed E-state index contributed by atoms with van der Waals surface area (Å²) < 4.78 is 0. The van der Waals surface area contributed by atoms with Crippen LogP contribution in [-0.4, -0.2) is 35.8 Å². The van der Waals surface area contributed by atoms with Crippen molar-refractivity contribution in [1.29, 1.82) is 0 Å². The van der Waals surface area contributed by atoms with Crippen molar-refractivity contribution >= 4 is 23.2 Å². The Labute approximate surface area is 173 Å². The Kier molecular flexibility index (Phi) is 6.57. The highest BCUT2D eigenvalue weighted by Gasteiger charge is 2.27. The van der Waals surface area contributed by atoms with Crippen LogP contribution in [0.4, 0.5) is 11.4 Å². The molecular formula is C24H31N3O2. The number of piperidine rings is 1. The molecule has 5 nitrogen and oxygen atoms in total. The Morgan fingerprint density at radius 3 is 2.52 bits per heavy atom. The van der Waals surface area contributed by atoms with Gasteiger partial charge in [-0.15, -0.1) is 0 Å². The van der Waals surface area contributed by atoms with Gasteiger partial charge >= 0.3 is 0 Å². The number of hydrogen-bond donors (Lipinski definition) is 2. The molecule has 3 rings (SSSR count). The molecule has 1 heterocycles. The molecule has 2 aromatic carbocycles. The van der Waals surface area contributed by atoms with E-state index in [1.54, 1.807) is 0 Å². The maximum Gasteiger partial charge on any atom is 0.256 e. The van der Waals surface area contributed by atoms with Crippen molar-refractivity contribution in [2.45, 2.75) is 46.6 Å². The number of likely N-dealkylation sites (tertiary alicyclic amines) is 1. The Bertz CT molecular complexity index is 891. The van der Waals surface area contributed by atoms with E-state index in [9.17, 15) is 9.59 Å². The van der Waals surface area contributed by atoms with Gasteiger partial charge in [0.1, 0.15) is 0 Å². The van der Waals surface area contributed by atoms with Gasteiger partial charge in [0.25, 0.3) is 5.91 Å². The summed E-state index contributed by atoms with van der Waals surface area (Å²) in [6, 6.07) is 13.8. The number of amides is 2. The Hall–Kier alpha value is -2.82. The second-order valence-corrected chi connectivity index (χ2v) is 8.17. The number of carbonyl (C=O) groups excluding carboxylic acids is 2. The Morgan fingerprint density at radius 2 is 1.76 bits per heavy atom. The van der Waals surface area contributed by atoms with Crippen molar-refractivity contribution in [1.82, 2.24) is 10.2 Å². The lowest BCUT2D eigenvalue weighted by Gasteiger charge is -2.34. The summed E-state index contributed by atoms with van der Waals surface area (Å²) in [4.78, 5) is 27.2. The van der Waals surface area contributed by atoms with Crippen molar-refractivity contribution < 1.29 is 9.59 Å². The summed E-state index contributed by atoms with van der Waals surface area (Å²) >= 11 is 0. The minimum atomic E-state index is -0.0522. The first-order valence-corrected chi connectivity index (χ1v) is 10.4. The predicted molar refractivity (Wildman–Crippen MR) is 118 cm³/mol. The molecule has 0 spiro atoms. The zero-order valence-corrected chi connectivity index (χ0v) is 17.8. The Morgan fingerprint density at radius 1 is 1.03 bits per heavy atom. The van der Waals surface area contributed by atoms with Crippen LogP contribution in [0.25, 0.3) is 0 Å². The maximum absolute atomic E-state index is 13.3. The largest absolute Gasteiger partial charge is 0.355 e. The van der Waals surface area contributed by atoms with Crippen LogP contribution in [0.3, 0.4) is 0 Å². The zero-order valence-electron chi connectivity index (χ0n) is 17.8. The van der Waals surface area contributed by atoms with Gasteiger partial charge in [0.15, 0.2) is 0 Å². The molecule has 0 aromatic heterocycles. The van der Waals surface area contributed by atoms with E-state index in [1.165, 1.54) is 11.1 Å². The van der Waals surface area contributed by atoms with Gasteiger partial charge < -0.3 is 15.5 Å². The molecule has 1 aliphatic heterocycles. The molecule has 2 aromatic rings. The highest BCUT2D eigenvalue weighted by atomic mass is 16.2. The number of hydrogen-bond acceptors (Lipinski definition) is 3. The SMILES string of the molecule is Cc1cccc(Nc2ccccc2C(=O)N2CCCC(NC(=O)C(C)C)C2)c1C. The van der Waals surface area contributed by atoms with Crippen LogP contribution in [0.2, 0.25) is 0 Å². The predicted octanol–water partition coefficient (Wildman–Crippen LogP) is 4.42. The van der Waals surface area contributed by atoms with Crippen LogP contribution >= 0.6 is 0 Å². The number of benzene rings is 2. The summed E-state index contributed by atoms with van der Waals surface area (Å²) in [5, 5.41) is 6.52. The van der Waals surface area contributed by atoms with Gasteiger partial charge in [-0.2, -0.15) is 0 Å². The minimum Gasteiger partial charge on any atom is -0.355 e. The number of nitrogens with one attached hydrogen (secondary N) is 2. The first-order chi connectivity index (χ1) is 13.9. The second-order valence-electron chi connectivity index (χ2n) is 8.17. The number of aryl methyl sites for hydroxylation is 1. The third-order valence-corrected chi connectivity index (χ3v) is 5.61. The standard InChI is InChI=1S/C24H31N3O2/c1-16(2)23(28)25-19-10-8-14-27(15-19)24(29)20-11-5-6-12-22(20)26-21-13-7-9-17(3)18(21)4/h5-7,9,11-13,16,19,26H,8,10,14-15H2,1-4H3,(H,25,28). The van der Waals surface area contributed by atoms with Crippen molar-refractivity contribution in [3.05, 3.63) is 59.2 Å². The molecule has 0 bridgehead atoms. The molecule has 29 heavy (non-hydrogen) atoms. The monoisotopic (exact) mass is 393 g/mol. The zero-order chi connectivity index (χ0) is 21.0. The van der Waals surface area contributed by atoms with E-state index in [1.807, 2.05) is 55.1 Å². The topological polar surface area (TPSA) is 61.4 Å². The van der Waals surface area contributed by atoms with Gasteiger partial charge in [0.2, 0.25) is 5.91 Å². The average molecular weight is 394 g/mol. The van der Waals surface area contributed by atoms with Crippen molar-refractivity contribution in [2.24, 2.45) is 5.92 Å². The third-order valence-electron chi connectivity index (χ3n) is 5.61. The number of anilines is 2. The smallest absolute Gasteiger partial charge is 0.256 e. The van der Waals surface area contributed by atoms with Crippen LogP contribution in [-0.2, 0) is 4.79 Å². The normalized spacial score (nSPS) is 16.6. The highest BCUT2D eigenvalue weighted by molar-refractivity contribution is 6.00. The van der Waals surface area contributed by atoms with E-state index < -0.39 is 0 Å². The van der Waals surface area contributed by atoms with E-state index in [0.717, 1.165) is 24.2 Å². The molecule has 2 amide bonds. The maximum atomic E-state index is 13.3. The van der Waals surface area contributed by atoms with E-state index >= 15 is 0 Å². The summed E-state index contributed by atoms with van der Waals surface area (Å²) in [5.41, 5.74) is 4.84. The van der Waals surface area contributed by atoms with E-state index in [-0.39, 0.29) is 23.8 Å². The number of carbonyl (C=O) groups is 2. The molecule has 1 atom stereocenters. The summed E-state index contributed by atoms with van der Waals surface area (Å²) in [5.74, 6) is -0.00763. The molecule has 1 saturated heterocycles. The lowest BCUT2D eigenvalue weighted by molar-refractivity contribution is -0.125. The van der Waals surface area contributed by atoms with Crippen molar-refractivity contribution in [2.75, 3.05) is 18.4 Å². The molecule has 154 valence electrons. The summed E-state index contributed by atoms with van der Waals surface area (Å²) in [6.45, 7) is 9.19. The molecule has 0 saturated carbocycles. The molecular weight excluding hydrogens is 362 g/mol. The van der Waals surface area contributed by atoms with Crippen LogP contribution in [0.5, 0.6) is 0 Å². The number of para-hydroxylation sites is 1. The van der Waals surface area contributed by atoms with E-state index in [4.69, 9.17) is 0 Å². The van der Waals surface area contributed by atoms with E-state index in [2.05, 4.69) is 30.5 Å². The van der Waals surface area contributed by atoms with Gasteiger partial charge in [0.05, 0.1) is 11.3 Å². The van der Waals surface area contributed by atoms with Gasteiger partial charge in [0, 0.05) is 30.7 Å². The second kappa shape index (κ2) is 9.12. The molecule has 1 fully saturated rings. The van der Waals surface area contributed by atoms with Crippen LogP contribution in [0.1, 0.15) is 48.2 Å². The fraction of sp³-hybridized carbons (Fsp3) is 0.417. The van der Waals surface area contributed by atoms with Gasteiger partial charge in [-0.25, -0.2) is 0 Å². The van der Waals surface area contributed by atoms with Gasteiger partial charge in [-0.1, -0.05) is 38.1 Å². The molecule has 0 aliphatic carbocycles. The first-order valence-electron chi connectivity index (χ1n) is 10.4. The van der Waals surface area contributed by atoms with Crippen LogP contribution in [0.15, 0.2) is 42.5 Å². The van der Waals surface area contributed by atoms with Gasteiger partial charge in [-0.3, -0.25) is 9.59 Å². The lowest BCUT2D eigenvalue weighted by Crippen LogP contribution is -2.50. The summed E-state index contributed by atoms with van der Waals surface area (Å²) in [7, 11) is 0. The number of rotatable bonds is 5. The van der Waals surface area contributed by atoms with Crippen molar-refractivity contribution in [3.63, 3.8) is 0 Å².